The van der Waals surface area contributed by atoms with Crippen LogP contribution >= 0.6 is 0 Å². The Kier molecular flexibility index (Phi) is 5.40. The van der Waals surface area contributed by atoms with Crippen molar-refractivity contribution >= 4 is 0 Å². The van der Waals surface area contributed by atoms with E-state index in [4.69, 9.17) is 6.42 Å². The molecule has 0 unspecified atom stereocenters. The molecule has 3 saturated heterocycles. The van der Waals surface area contributed by atoms with Crippen molar-refractivity contribution in [1.82, 2.24) is 0 Å². The van der Waals surface area contributed by atoms with Crippen molar-refractivity contribution in [3.63, 3.8) is 0 Å². The second-order valence-corrected chi connectivity index (χ2v) is 4.67. The van der Waals surface area contributed by atoms with Crippen molar-refractivity contribution in [1.29, 1.82) is 0 Å². The average Bonchev–Trinajstić information content (AvgIpc) is 2.08. The molecular weight excluding hydrogens is 355 g/mol. The fourth-order valence-electron chi connectivity index (χ4n) is 2.46. The molecule has 14 heavy (non-hydrogen) atoms. The van der Waals surface area contributed by atoms with Gasteiger partial charge in [-0.1, -0.05) is 0 Å². The standard InChI is InChI=1S/C10H18N2.BrH.HI/c1-3-4-12-8-5-11(2,6-9-12)7-10-12;;/h1H,4-10H2,2H3;2*1H/q+2;;/p-2. The lowest BCUT2D eigenvalue weighted by Crippen LogP contribution is -3.00. The van der Waals surface area contributed by atoms with Crippen molar-refractivity contribution in [2.75, 3.05) is 52.9 Å². The smallest absolute Gasteiger partial charge is 0.141 e. The molecule has 0 saturated carbocycles. The van der Waals surface area contributed by atoms with Crippen LogP contribution in [0.5, 0.6) is 0 Å². The first-order chi connectivity index (χ1) is 5.68. The summed E-state index contributed by atoms with van der Waals surface area (Å²) in [4.78, 5) is 0. The van der Waals surface area contributed by atoms with Crippen molar-refractivity contribution < 1.29 is 49.9 Å². The van der Waals surface area contributed by atoms with Gasteiger partial charge in [0.25, 0.3) is 0 Å². The molecular formula is C10H18BrIN2. The van der Waals surface area contributed by atoms with Crippen LogP contribution in [0, 0.1) is 12.3 Å². The minimum Gasteiger partial charge on any atom is -1.00 e. The number of hydrogen-bond donors (Lipinski definition) is 0. The maximum absolute atomic E-state index is 5.40. The molecule has 0 amide bonds. The van der Waals surface area contributed by atoms with Crippen molar-refractivity contribution in [2.45, 2.75) is 0 Å². The number of fused-ring (bicyclic) bond motifs is 3. The topological polar surface area (TPSA) is 0 Å². The van der Waals surface area contributed by atoms with Crippen LogP contribution in [0.4, 0.5) is 0 Å². The fourth-order valence-corrected chi connectivity index (χ4v) is 2.46. The van der Waals surface area contributed by atoms with Gasteiger partial charge >= 0.3 is 0 Å². The average molecular weight is 373 g/mol. The number of likely N-dealkylation sites (N-methyl/N-ethyl adjacent to an activating group) is 1. The van der Waals surface area contributed by atoms with E-state index in [-0.39, 0.29) is 41.0 Å². The maximum Gasteiger partial charge on any atom is 0.141 e. The van der Waals surface area contributed by atoms with Gasteiger partial charge in [0.05, 0.1) is 7.05 Å². The summed E-state index contributed by atoms with van der Waals surface area (Å²) in [6.45, 7) is 8.88. The summed E-state index contributed by atoms with van der Waals surface area (Å²) < 4.78 is 2.51. The second kappa shape index (κ2) is 5.15. The highest BCUT2D eigenvalue weighted by atomic mass is 127. The van der Waals surface area contributed by atoms with Crippen molar-refractivity contribution in [3.8, 4) is 12.3 Å². The third-order valence-corrected chi connectivity index (χ3v) is 3.77. The Hall–Kier alpha value is 0.690. The molecule has 3 fully saturated rings. The van der Waals surface area contributed by atoms with Gasteiger partial charge in [-0.05, 0) is 5.92 Å². The van der Waals surface area contributed by atoms with Crippen LogP contribution < -0.4 is 41.0 Å². The van der Waals surface area contributed by atoms with E-state index in [0.717, 1.165) is 6.54 Å². The van der Waals surface area contributed by atoms with E-state index < -0.39 is 0 Å². The maximum atomic E-state index is 5.40. The van der Waals surface area contributed by atoms with E-state index >= 15 is 0 Å². The zero-order chi connectivity index (χ0) is 8.66. The largest absolute Gasteiger partial charge is 1.00 e. The van der Waals surface area contributed by atoms with Gasteiger partial charge in [-0.3, -0.25) is 4.48 Å². The van der Waals surface area contributed by atoms with Gasteiger partial charge in [-0.15, -0.1) is 6.42 Å². The monoisotopic (exact) mass is 372 g/mol. The first-order valence-corrected chi connectivity index (χ1v) is 4.80. The number of hydrogen-bond acceptors (Lipinski definition) is 0. The van der Waals surface area contributed by atoms with E-state index in [1.807, 2.05) is 0 Å². The quantitative estimate of drug-likeness (QED) is 0.244. The molecule has 0 spiro atoms. The number of rotatable bonds is 1. The van der Waals surface area contributed by atoms with Crippen LogP contribution in [0.15, 0.2) is 0 Å². The zero-order valence-electron chi connectivity index (χ0n) is 8.68. The lowest BCUT2D eigenvalue weighted by atomic mass is 10.1. The van der Waals surface area contributed by atoms with E-state index in [1.54, 1.807) is 0 Å². The first kappa shape index (κ1) is 14.7. The van der Waals surface area contributed by atoms with Crippen LogP contribution in [-0.4, -0.2) is 61.8 Å². The molecule has 0 aromatic rings. The Morgan fingerprint density at radius 1 is 1.07 bits per heavy atom. The van der Waals surface area contributed by atoms with Gasteiger partial charge < -0.3 is 45.4 Å². The Labute approximate surface area is 115 Å². The number of halogens is 2. The van der Waals surface area contributed by atoms with E-state index in [2.05, 4.69) is 13.0 Å². The molecule has 2 nitrogen and oxygen atoms in total. The normalized spacial score (nSPS) is 39.1. The van der Waals surface area contributed by atoms with E-state index in [1.165, 1.54) is 48.2 Å². The summed E-state index contributed by atoms with van der Waals surface area (Å²) in [5.74, 6) is 2.83. The van der Waals surface area contributed by atoms with Crippen LogP contribution in [0.25, 0.3) is 0 Å². The SMILES string of the molecule is C#CC[N+]12CC[N+](C)(CC1)CC2.[Br-].[I-]. The Balaban J connectivity index is 0.000000845. The molecule has 2 bridgehead atoms. The molecule has 0 atom stereocenters. The highest BCUT2D eigenvalue weighted by Crippen LogP contribution is 2.23. The van der Waals surface area contributed by atoms with Gasteiger partial charge in [-0.25, -0.2) is 0 Å². The molecule has 0 N–H and O–H groups in total. The molecule has 0 radical (unpaired) electrons. The molecule has 3 aliphatic heterocycles. The summed E-state index contributed by atoms with van der Waals surface area (Å²) in [5, 5.41) is 0. The Morgan fingerprint density at radius 3 is 1.86 bits per heavy atom. The number of quaternary nitrogens is 2. The minimum atomic E-state index is 0. The van der Waals surface area contributed by atoms with Gasteiger partial charge in [0, 0.05) is 0 Å². The molecule has 3 rings (SSSR count). The third kappa shape index (κ3) is 2.63. The van der Waals surface area contributed by atoms with Crippen LogP contribution in [-0.2, 0) is 0 Å². The summed E-state index contributed by atoms with van der Waals surface area (Å²) in [6, 6.07) is 0. The second-order valence-electron chi connectivity index (χ2n) is 4.67. The predicted molar refractivity (Wildman–Crippen MR) is 49.3 cm³/mol. The highest BCUT2D eigenvalue weighted by molar-refractivity contribution is 4.84. The molecule has 0 aliphatic carbocycles. The number of terminal acetylenes is 1. The number of nitrogens with zero attached hydrogens (tertiary/aromatic N) is 2. The molecule has 0 aromatic heterocycles. The van der Waals surface area contributed by atoms with Crippen LogP contribution in [0.2, 0.25) is 0 Å². The van der Waals surface area contributed by atoms with Crippen molar-refractivity contribution in [3.05, 3.63) is 0 Å². The van der Waals surface area contributed by atoms with Gasteiger partial charge in [-0.2, -0.15) is 0 Å². The number of piperazine rings is 3. The predicted octanol–water partition coefficient (Wildman–Crippen LogP) is -6.08. The van der Waals surface area contributed by atoms with Gasteiger partial charge in [0.2, 0.25) is 0 Å². The van der Waals surface area contributed by atoms with Crippen LogP contribution in [0.3, 0.4) is 0 Å². The summed E-state index contributed by atoms with van der Waals surface area (Å²) in [7, 11) is 2.38. The Bertz CT molecular complexity index is 212. The van der Waals surface area contributed by atoms with E-state index in [0.29, 0.717) is 0 Å². The van der Waals surface area contributed by atoms with Crippen LogP contribution in [0.1, 0.15) is 0 Å². The molecule has 4 heteroatoms. The summed E-state index contributed by atoms with van der Waals surface area (Å²) in [5.41, 5.74) is 0. The highest BCUT2D eigenvalue weighted by Gasteiger charge is 2.45. The minimum absolute atomic E-state index is 0. The zero-order valence-corrected chi connectivity index (χ0v) is 12.4. The fraction of sp³-hybridized carbons (Fsp3) is 0.800. The molecule has 3 aliphatic rings. The lowest BCUT2D eigenvalue weighted by Gasteiger charge is -2.53. The van der Waals surface area contributed by atoms with Gasteiger partial charge in [0.15, 0.2) is 0 Å². The molecule has 82 valence electrons. The third-order valence-electron chi connectivity index (χ3n) is 3.77. The molecule has 3 heterocycles. The van der Waals surface area contributed by atoms with E-state index in [9.17, 15) is 0 Å². The Morgan fingerprint density at radius 2 is 1.50 bits per heavy atom. The lowest BCUT2D eigenvalue weighted by molar-refractivity contribution is -1.07. The molecule has 0 aromatic carbocycles. The summed E-state index contributed by atoms with van der Waals surface area (Å²) in [6.07, 6.45) is 5.40. The summed E-state index contributed by atoms with van der Waals surface area (Å²) >= 11 is 0. The van der Waals surface area contributed by atoms with Gasteiger partial charge in [0.1, 0.15) is 45.8 Å². The van der Waals surface area contributed by atoms with Crippen molar-refractivity contribution in [2.24, 2.45) is 0 Å². The first-order valence-electron chi connectivity index (χ1n) is 4.80.